The Bertz CT molecular complexity index is 1490. The molecule has 0 unspecified atom stereocenters. The van der Waals surface area contributed by atoms with Gasteiger partial charge in [0.1, 0.15) is 12.4 Å². The van der Waals surface area contributed by atoms with Crippen LogP contribution in [0.2, 0.25) is 0 Å². The molecule has 7 nitrogen and oxygen atoms in total. The molecule has 3 aromatic carbocycles. The Balaban J connectivity index is 1.73. The number of hydrogen-bond acceptors (Lipinski definition) is 6. The molecule has 0 fully saturated rings. The molecule has 8 heteroatoms. The predicted octanol–water partition coefficient (Wildman–Crippen LogP) is 6.46. The number of rotatable bonds is 9. The fraction of sp³-hybridized carbons (Fsp3) is 0.276. The Labute approximate surface area is 224 Å². The summed E-state index contributed by atoms with van der Waals surface area (Å²) in [6.45, 7) is 6.50. The molecule has 0 aliphatic carbocycles. The van der Waals surface area contributed by atoms with Crippen molar-refractivity contribution in [2.75, 3.05) is 14.2 Å². The van der Waals surface area contributed by atoms with Gasteiger partial charge in [0, 0.05) is 16.0 Å². The predicted molar refractivity (Wildman–Crippen MR) is 150 cm³/mol. The van der Waals surface area contributed by atoms with Crippen LogP contribution in [0.4, 0.5) is 0 Å². The van der Waals surface area contributed by atoms with Crippen molar-refractivity contribution in [3.63, 3.8) is 0 Å². The molecule has 0 saturated carbocycles. The molecule has 4 rings (SSSR count). The van der Waals surface area contributed by atoms with Crippen LogP contribution in [0.1, 0.15) is 48.7 Å². The maximum Gasteiger partial charge on any atom is 0.282 e. The van der Waals surface area contributed by atoms with Crippen molar-refractivity contribution in [3.8, 4) is 17.2 Å². The van der Waals surface area contributed by atoms with Gasteiger partial charge in [-0.3, -0.25) is 4.79 Å². The normalized spacial score (nSPS) is 12.2. The topological polar surface area (TPSA) is 74.9 Å². The second kappa shape index (κ2) is 11.6. The van der Waals surface area contributed by atoms with Gasteiger partial charge in [-0.15, -0.1) is 0 Å². The molecular weight excluding hydrogens is 534 g/mol. The van der Waals surface area contributed by atoms with Crippen molar-refractivity contribution in [2.24, 2.45) is 5.10 Å². The van der Waals surface area contributed by atoms with Crippen molar-refractivity contribution >= 4 is 33.0 Å². The third-order valence-electron chi connectivity index (χ3n) is 6.16. The molecule has 0 aliphatic rings. The highest BCUT2D eigenvalue weighted by molar-refractivity contribution is 9.10. The van der Waals surface area contributed by atoms with E-state index in [1.165, 1.54) is 4.68 Å². The lowest BCUT2D eigenvalue weighted by atomic mass is 10.1. The van der Waals surface area contributed by atoms with E-state index in [1.54, 1.807) is 38.6 Å². The molecule has 0 bridgehead atoms. The van der Waals surface area contributed by atoms with Gasteiger partial charge in [-0.1, -0.05) is 59.6 Å². The number of hydrogen-bond donors (Lipinski definition) is 0. The molecule has 0 radical (unpaired) electrons. The minimum atomic E-state index is -0.227. The zero-order valence-corrected chi connectivity index (χ0v) is 23.2. The molecule has 37 heavy (non-hydrogen) atoms. The Morgan fingerprint density at radius 2 is 1.81 bits per heavy atom. The van der Waals surface area contributed by atoms with E-state index < -0.39 is 0 Å². The summed E-state index contributed by atoms with van der Waals surface area (Å²) in [7, 11) is 3.15. The van der Waals surface area contributed by atoms with E-state index in [-0.39, 0.29) is 11.5 Å². The first-order valence-corrected chi connectivity index (χ1v) is 12.8. The van der Waals surface area contributed by atoms with Gasteiger partial charge in [0.25, 0.3) is 5.56 Å². The fourth-order valence-corrected chi connectivity index (χ4v) is 4.34. The van der Waals surface area contributed by atoms with Crippen LogP contribution in [-0.2, 0) is 6.61 Å². The second-order valence-corrected chi connectivity index (χ2v) is 9.75. The van der Waals surface area contributed by atoms with E-state index in [1.807, 2.05) is 44.2 Å². The fourth-order valence-electron chi connectivity index (χ4n) is 3.98. The van der Waals surface area contributed by atoms with E-state index in [0.717, 1.165) is 22.0 Å². The average Bonchev–Trinajstić information content (AvgIpc) is 2.90. The van der Waals surface area contributed by atoms with E-state index in [9.17, 15) is 4.79 Å². The van der Waals surface area contributed by atoms with Crippen LogP contribution in [-0.4, -0.2) is 30.1 Å². The van der Waals surface area contributed by atoms with Crippen molar-refractivity contribution in [1.82, 2.24) is 9.66 Å². The minimum absolute atomic E-state index is 0.0411. The lowest BCUT2D eigenvalue weighted by Crippen LogP contribution is -2.23. The Kier molecular flexibility index (Phi) is 8.28. The number of nitrogens with zero attached hydrogens (tertiary/aromatic N) is 3. The first-order valence-electron chi connectivity index (χ1n) is 12.1. The Hall–Kier alpha value is -3.65. The van der Waals surface area contributed by atoms with Crippen molar-refractivity contribution in [1.29, 1.82) is 0 Å². The molecular formula is C29H30BrN3O4. The highest BCUT2D eigenvalue weighted by Crippen LogP contribution is 2.38. The molecule has 1 heterocycles. The lowest BCUT2D eigenvalue weighted by Gasteiger charge is -2.16. The van der Waals surface area contributed by atoms with Crippen molar-refractivity contribution < 1.29 is 14.2 Å². The monoisotopic (exact) mass is 563 g/mol. The van der Waals surface area contributed by atoms with Crippen LogP contribution in [0, 0.1) is 6.92 Å². The van der Waals surface area contributed by atoms with Gasteiger partial charge >= 0.3 is 0 Å². The third-order valence-corrected chi connectivity index (χ3v) is 6.65. The Morgan fingerprint density at radius 1 is 1.08 bits per heavy atom. The largest absolute Gasteiger partial charge is 0.493 e. The quantitative estimate of drug-likeness (QED) is 0.218. The van der Waals surface area contributed by atoms with Gasteiger partial charge in [0.2, 0.25) is 5.75 Å². The van der Waals surface area contributed by atoms with E-state index in [0.29, 0.717) is 46.1 Å². The van der Waals surface area contributed by atoms with E-state index in [2.05, 4.69) is 34.0 Å². The van der Waals surface area contributed by atoms with Gasteiger partial charge in [-0.25, -0.2) is 4.98 Å². The first kappa shape index (κ1) is 26.4. The maximum atomic E-state index is 13.4. The molecule has 0 N–H and O–H groups in total. The summed E-state index contributed by atoms with van der Waals surface area (Å²) in [5, 5.41) is 5.05. The number of aryl methyl sites for hydroxylation is 1. The molecule has 0 spiro atoms. The maximum absolute atomic E-state index is 13.4. The van der Waals surface area contributed by atoms with Crippen LogP contribution >= 0.6 is 15.9 Å². The van der Waals surface area contributed by atoms with Crippen molar-refractivity contribution in [2.45, 2.75) is 39.7 Å². The van der Waals surface area contributed by atoms with E-state index in [4.69, 9.17) is 19.2 Å². The standard InChI is InChI=1S/C29H30BrN3O4/c1-6-19(3)28-32-24-11-10-22(30)15-23(24)29(34)33(28)31-16-21-13-25(35-4)27(26(14-21)36-5)37-17-20-9-7-8-18(2)12-20/h7-16,19H,6,17H2,1-5H3/t19-/m1/s1. The lowest BCUT2D eigenvalue weighted by molar-refractivity contribution is 0.266. The second-order valence-electron chi connectivity index (χ2n) is 8.83. The Morgan fingerprint density at radius 3 is 2.46 bits per heavy atom. The average molecular weight is 564 g/mol. The van der Waals surface area contributed by atoms with Crippen LogP contribution in [0.3, 0.4) is 0 Å². The van der Waals surface area contributed by atoms with Crippen LogP contribution in [0.15, 0.2) is 69.0 Å². The molecule has 0 saturated heterocycles. The molecule has 0 aliphatic heterocycles. The summed E-state index contributed by atoms with van der Waals surface area (Å²) in [5.41, 5.74) is 3.31. The summed E-state index contributed by atoms with van der Waals surface area (Å²) in [4.78, 5) is 18.2. The number of halogens is 1. The molecule has 1 aromatic heterocycles. The smallest absolute Gasteiger partial charge is 0.282 e. The zero-order valence-electron chi connectivity index (χ0n) is 21.6. The summed E-state index contributed by atoms with van der Waals surface area (Å²) in [6.07, 6.45) is 2.42. The summed E-state index contributed by atoms with van der Waals surface area (Å²) in [5.74, 6) is 2.15. The molecule has 0 amide bonds. The minimum Gasteiger partial charge on any atom is -0.493 e. The zero-order chi connectivity index (χ0) is 26.5. The van der Waals surface area contributed by atoms with E-state index >= 15 is 0 Å². The SMILES string of the molecule is CC[C@@H](C)c1nc2ccc(Br)cc2c(=O)n1N=Cc1cc(OC)c(OCc2cccc(C)c2)c(OC)c1. The van der Waals surface area contributed by atoms with Crippen LogP contribution < -0.4 is 19.8 Å². The van der Waals surface area contributed by atoms with Gasteiger partial charge < -0.3 is 14.2 Å². The van der Waals surface area contributed by atoms with Crippen molar-refractivity contribution in [3.05, 3.63) is 91.9 Å². The summed E-state index contributed by atoms with van der Waals surface area (Å²) in [6, 6.07) is 17.2. The molecule has 1 atom stereocenters. The number of methoxy groups -OCH3 is 2. The highest BCUT2D eigenvalue weighted by Gasteiger charge is 2.17. The summed E-state index contributed by atoms with van der Waals surface area (Å²) >= 11 is 3.44. The highest BCUT2D eigenvalue weighted by atomic mass is 79.9. The number of benzene rings is 3. The van der Waals surface area contributed by atoms with Crippen LogP contribution in [0.5, 0.6) is 17.2 Å². The first-order chi connectivity index (χ1) is 17.8. The number of aromatic nitrogens is 2. The van der Waals surface area contributed by atoms with Gasteiger partial charge in [-0.2, -0.15) is 9.78 Å². The molecule has 192 valence electrons. The number of ether oxygens (including phenoxy) is 3. The van der Waals surface area contributed by atoms with Gasteiger partial charge in [0.05, 0.1) is 31.3 Å². The third kappa shape index (κ3) is 5.85. The molecule has 4 aromatic rings. The van der Waals surface area contributed by atoms with Gasteiger partial charge in [-0.05, 0) is 49.2 Å². The summed E-state index contributed by atoms with van der Waals surface area (Å²) < 4.78 is 19.5. The van der Waals surface area contributed by atoms with Gasteiger partial charge in [0.15, 0.2) is 11.5 Å². The number of fused-ring (bicyclic) bond motifs is 1. The van der Waals surface area contributed by atoms with Crippen LogP contribution in [0.25, 0.3) is 10.9 Å².